The van der Waals surface area contributed by atoms with E-state index in [0.29, 0.717) is 0 Å². The molecule has 0 N–H and O–H groups in total. The Kier molecular flexibility index (Phi) is 3.65. The smallest absolute Gasteiger partial charge is 0.107 e. The fraction of sp³-hybridized carbons (Fsp3) is 0.200. The maximum atomic E-state index is 4.61. The summed E-state index contributed by atoms with van der Waals surface area (Å²) >= 11 is 0. The van der Waals surface area contributed by atoms with Crippen LogP contribution in [0.1, 0.15) is 11.6 Å². The van der Waals surface area contributed by atoms with Gasteiger partial charge in [-0.2, -0.15) is 0 Å². The number of hydrogen-bond acceptors (Lipinski definition) is 2. The summed E-state index contributed by atoms with van der Waals surface area (Å²) in [5.41, 5.74) is 4.48. The van der Waals surface area contributed by atoms with E-state index in [0.717, 1.165) is 35.8 Å². The predicted molar refractivity (Wildman–Crippen MR) is 98.1 cm³/mol. The lowest BCUT2D eigenvalue weighted by Crippen LogP contribution is -2.00. The van der Waals surface area contributed by atoms with Crippen LogP contribution in [0.3, 0.4) is 0 Å². The molecule has 0 aliphatic heterocycles. The summed E-state index contributed by atoms with van der Waals surface area (Å²) < 4.78 is 4.48. The van der Waals surface area contributed by atoms with Crippen LogP contribution < -0.4 is 0 Å². The summed E-state index contributed by atoms with van der Waals surface area (Å²) in [6.07, 6.45) is 4.41. The van der Waals surface area contributed by atoms with Gasteiger partial charge in [0.1, 0.15) is 11.6 Å². The van der Waals surface area contributed by atoms with E-state index in [2.05, 4.69) is 81.5 Å². The van der Waals surface area contributed by atoms with Crippen molar-refractivity contribution in [2.45, 2.75) is 26.9 Å². The SMILES string of the molecule is Cc1nc2ccccc2n1C/C=C\Cn1c(C)nc2ccccc21. The highest BCUT2D eigenvalue weighted by atomic mass is 15.1. The second kappa shape index (κ2) is 5.96. The second-order valence-corrected chi connectivity index (χ2v) is 5.99. The minimum absolute atomic E-state index is 0.831. The number of imidazole rings is 2. The Labute approximate surface area is 141 Å². The molecular weight excluding hydrogens is 296 g/mol. The van der Waals surface area contributed by atoms with E-state index in [4.69, 9.17) is 0 Å². The number of allylic oxidation sites excluding steroid dienone is 2. The molecule has 24 heavy (non-hydrogen) atoms. The average molecular weight is 316 g/mol. The number of fused-ring (bicyclic) bond motifs is 2. The van der Waals surface area contributed by atoms with Gasteiger partial charge in [0.2, 0.25) is 0 Å². The van der Waals surface area contributed by atoms with Gasteiger partial charge in [-0.25, -0.2) is 9.97 Å². The van der Waals surface area contributed by atoms with Crippen molar-refractivity contribution in [3.05, 3.63) is 72.3 Å². The van der Waals surface area contributed by atoms with Crippen LogP contribution in [0.5, 0.6) is 0 Å². The van der Waals surface area contributed by atoms with Crippen molar-refractivity contribution in [1.29, 1.82) is 0 Å². The molecule has 4 nitrogen and oxygen atoms in total. The lowest BCUT2D eigenvalue weighted by molar-refractivity contribution is 0.779. The third-order valence-electron chi connectivity index (χ3n) is 4.43. The Hall–Kier alpha value is -2.88. The van der Waals surface area contributed by atoms with Gasteiger partial charge in [-0.1, -0.05) is 36.4 Å². The fourth-order valence-corrected chi connectivity index (χ4v) is 3.21. The van der Waals surface area contributed by atoms with Crippen LogP contribution in [0.25, 0.3) is 22.1 Å². The minimum atomic E-state index is 0.831. The maximum Gasteiger partial charge on any atom is 0.107 e. The van der Waals surface area contributed by atoms with Crippen molar-refractivity contribution in [2.24, 2.45) is 0 Å². The van der Waals surface area contributed by atoms with Gasteiger partial charge in [0.15, 0.2) is 0 Å². The fourth-order valence-electron chi connectivity index (χ4n) is 3.21. The maximum absolute atomic E-state index is 4.61. The third kappa shape index (κ3) is 2.50. The molecular formula is C20H20N4. The van der Waals surface area contributed by atoms with E-state index in [9.17, 15) is 0 Å². The molecule has 4 rings (SSSR count). The van der Waals surface area contributed by atoms with Gasteiger partial charge in [0, 0.05) is 13.1 Å². The number of hydrogen-bond donors (Lipinski definition) is 0. The van der Waals surface area contributed by atoms with Crippen LogP contribution in [0.4, 0.5) is 0 Å². The molecule has 4 heteroatoms. The van der Waals surface area contributed by atoms with Gasteiger partial charge < -0.3 is 9.13 Å². The van der Waals surface area contributed by atoms with Gasteiger partial charge in [-0.15, -0.1) is 0 Å². The van der Waals surface area contributed by atoms with Crippen LogP contribution >= 0.6 is 0 Å². The van der Waals surface area contributed by atoms with E-state index in [-0.39, 0.29) is 0 Å². The Balaban J connectivity index is 1.55. The number of rotatable bonds is 4. The zero-order valence-corrected chi connectivity index (χ0v) is 14.0. The zero-order chi connectivity index (χ0) is 16.5. The van der Waals surface area contributed by atoms with Crippen molar-refractivity contribution in [3.63, 3.8) is 0 Å². The molecule has 0 bridgehead atoms. The molecule has 120 valence electrons. The average Bonchev–Trinajstić information content (AvgIpc) is 3.08. The topological polar surface area (TPSA) is 35.6 Å². The quantitative estimate of drug-likeness (QED) is 0.527. The molecule has 2 heterocycles. The van der Waals surface area contributed by atoms with Crippen LogP contribution in [0.15, 0.2) is 60.7 Å². The highest BCUT2D eigenvalue weighted by molar-refractivity contribution is 5.76. The number of para-hydroxylation sites is 4. The first-order valence-electron chi connectivity index (χ1n) is 8.23. The van der Waals surface area contributed by atoms with Crippen LogP contribution in [-0.2, 0) is 13.1 Å². The standard InChI is InChI=1S/C20H20N4/c1-15-21-17-9-3-5-11-19(17)23(15)13-7-8-14-24-16(2)22-18-10-4-6-12-20(18)24/h3-12H,13-14H2,1-2H3/b8-7-. The molecule has 0 amide bonds. The molecule has 0 radical (unpaired) electrons. The van der Waals surface area contributed by atoms with Crippen molar-refractivity contribution in [2.75, 3.05) is 0 Å². The number of nitrogens with zero attached hydrogens (tertiary/aromatic N) is 4. The van der Waals surface area contributed by atoms with E-state index in [1.807, 2.05) is 12.1 Å². The van der Waals surface area contributed by atoms with E-state index < -0.39 is 0 Å². The van der Waals surface area contributed by atoms with Gasteiger partial charge in [-0.3, -0.25) is 0 Å². The summed E-state index contributed by atoms with van der Waals surface area (Å²) in [6, 6.07) is 16.5. The van der Waals surface area contributed by atoms with E-state index in [1.54, 1.807) is 0 Å². The molecule has 0 atom stereocenters. The van der Waals surface area contributed by atoms with Crippen LogP contribution in [-0.4, -0.2) is 19.1 Å². The highest BCUT2D eigenvalue weighted by Crippen LogP contribution is 2.17. The molecule has 0 saturated heterocycles. The Morgan fingerprint density at radius 2 is 1.12 bits per heavy atom. The van der Waals surface area contributed by atoms with E-state index in [1.165, 1.54) is 11.0 Å². The molecule has 0 aliphatic rings. The first-order valence-corrected chi connectivity index (χ1v) is 8.23. The van der Waals surface area contributed by atoms with Crippen molar-refractivity contribution < 1.29 is 0 Å². The predicted octanol–water partition coefficient (Wildman–Crippen LogP) is 4.26. The molecule has 0 spiro atoms. The molecule has 4 aromatic rings. The normalized spacial score (nSPS) is 11.9. The number of aromatic nitrogens is 4. The molecule has 2 aromatic carbocycles. The molecule has 0 fully saturated rings. The number of aryl methyl sites for hydroxylation is 2. The zero-order valence-electron chi connectivity index (χ0n) is 14.0. The molecule has 2 aromatic heterocycles. The summed E-state index contributed by atoms with van der Waals surface area (Å²) in [5, 5.41) is 0. The first kappa shape index (κ1) is 14.7. The van der Waals surface area contributed by atoms with Gasteiger partial charge in [0.25, 0.3) is 0 Å². The van der Waals surface area contributed by atoms with Crippen molar-refractivity contribution in [1.82, 2.24) is 19.1 Å². The lowest BCUT2D eigenvalue weighted by atomic mass is 10.3. The lowest BCUT2D eigenvalue weighted by Gasteiger charge is -2.04. The third-order valence-corrected chi connectivity index (χ3v) is 4.43. The second-order valence-electron chi connectivity index (χ2n) is 5.99. The van der Waals surface area contributed by atoms with Crippen LogP contribution in [0, 0.1) is 13.8 Å². The molecule has 0 saturated carbocycles. The van der Waals surface area contributed by atoms with Crippen molar-refractivity contribution in [3.8, 4) is 0 Å². The van der Waals surface area contributed by atoms with Gasteiger partial charge >= 0.3 is 0 Å². The Morgan fingerprint density at radius 1 is 0.708 bits per heavy atom. The van der Waals surface area contributed by atoms with Crippen molar-refractivity contribution >= 4 is 22.1 Å². The minimum Gasteiger partial charge on any atom is -0.324 e. The summed E-state index contributed by atoms with van der Waals surface area (Å²) in [7, 11) is 0. The largest absolute Gasteiger partial charge is 0.324 e. The Morgan fingerprint density at radius 3 is 1.58 bits per heavy atom. The molecule has 0 unspecified atom stereocenters. The number of benzene rings is 2. The summed E-state index contributed by atoms with van der Waals surface area (Å²) in [5.74, 6) is 2.09. The van der Waals surface area contributed by atoms with Crippen LogP contribution in [0.2, 0.25) is 0 Å². The van der Waals surface area contributed by atoms with Gasteiger partial charge in [0.05, 0.1) is 22.1 Å². The van der Waals surface area contributed by atoms with Gasteiger partial charge in [-0.05, 0) is 38.1 Å². The summed E-state index contributed by atoms with van der Waals surface area (Å²) in [6.45, 7) is 5.78. The van der Waals surface area contributed by atoms with E-state index >= 15 is 0 Å². The highest BCUT2D eigenvalue weighted by Gasteiger charge is 2.06. The Bertz CT molecular complexity index is 952. The monoisotopic (exact) mass is 316 g/mol. The first-order chi connectivity index (χ1) is 11.7. The molecule has 0 aliphatic carbocycles. The summed E-state index contributed by atoms with van der Waals surface area (Å²) in [4.78, 5) is 9.22.